The Bertz CT molecular complexity index is 572. The number of hydrogen-bond acceptors (Lipinski definition) is 3. The molecule has 25 heavy (non-hydrogen) atoms. The van der Waals surface area contributed by atoms with Crippen molar-refractivity contribution in [3.8, 4) is 5.75 Å². The van der Waals surface area contributed by atoms with Crippen molar-refractivity contribution < 1.29 is 14.3 Å². The minimum absolute atomic E-state index is 0.00614. The first kappa shape index (κ1) is 19.3. The molecule has 0 aromatic heterocycles. The van der Waals surface area contributed by atoms with Crippen LogP contribution < -0.4 is 10.1 Å². The Morgan fingerprint density at radius 2 is 2.12 bits per heavy atom. The van der Waals surface area contributed by atoms with Crippen molar-refractivity contribution in [3.63, 3.8) is 0 Å². The molecule has 1 aromatic carbocycles. The van der Waals surface area contributed by atoms with Gasteiger partial charge in [0.1, 0.15) is 5.75 Å². The number of nitrogens with one attached hydrogen (secondary N) is 1. The van der Waals surface area contributed by atoms with Gasteiger partial charge >= 0.3 is 0 Å². The maximum atomic E-state index is 12.0. The summed E-state index contributed by atoms with van der Waals surface area (Å²) in [4.78, 5) is 25.8. The molecule has 0 bridgehead atoms. The van der Waals surface area contributed by atoms with E-state index in [-0.39, 0.29) is 17.9 Å². The molecule has 0 atom stereocenters. The van der Waals surface area contributed by atoms with E-state index in [0.29, 0.717) is 25.9 Å². The Kier molecular flexibility index (Phi) is 7.76. The highest BCUT2D eigenvalue weighted by atomic mass is 16.5. The van der Waals surface area contributed by atoms with E-state index in [1.54, 1.807) is 0 Å². The van der Waals surface area contributed by atoms with Gasteiger partial charge in [-0.25, -0.2) is 0 Å². The van der Waals surface area contributed by atoms with E-state index in [1.165, 1.54) is 0 Å². The minimum Gasteiger partial charge on any atom is -0.491 e. The van der Waals surface area contributed by atoms with Crippen LogP contribution in [0.2, 0.25) is 0 Å². The molecule has 0 radical (unpaired) electrons. The van der Waals surface area contributed by atoms with Gasteiger partial charge in [-0.3, -0.25) is 9.59 Å². The molecule has 0 saturated carbocycles. The molecule has 1 N–H and O–H groups in total. The van der Waals surface area contributed by atoms with Gasteiger partial charge in [-0.15, -0.1) is 0 Å². The number of hydrogen-bond donors (Lipinski definition) is 1. The summed E-state index contributed by atoms with van der Waals surface area (Å²) < 4.78 is 5.68. The van der Waals surface area contributed by atoms with Crippen LogP contribution in [-0.2, 0) is 16.0 Å². The highest BCUT2D eigenvalue weighted by molar-refractivity contribution is 5.79. The molecule has 1 aromatic rings. The first-order valence-corrected chi connectivity index (χ1v) is 9.34. The van der Waals surface area contributed by atoms with Gasteiger partial charge in [0.15, 0.2) is 0 Å². The van der Waals surface area contributed by atoms with E-state index < -0.39 is 0 Å². The predicted octanol–water partition coefficient (Wildman–Crippen LogP) is 2.93. The zero-order chi connectivity index (χ0) is 18.1. The zero-order valence-corrected chi connectivity index (χ0v) is 15.4. The summed E-state index contributed by atoms with van der Waals surface area (Å²) in [5, 5.41) is 2.94. The van der Waals surface area contributed by atoms with Crippen LogP contribution in [0, 0.1) is 0 Å². The molecule has 138 valence electrons. The second-order valence-electron chi connectivity index (χ2n) is 6.86. The van der Waals surface area contributed by atoms with E-state index in [2.05, 4.69) is 5.32 Å². The van der Waals surface area contributed by atoms with Crippen LogP contribution in [-0.4, -0.2) is 42.5 Å². The van der Waals surface area contributed by atoms with Crippen LogP contribution in [0.5, 0.6) is 5.75 Å². The normalized spacial score (nSPS) is 15.2. The Balaban J connectivity index is 1.69. The summed E-state index contributed by atoms with van der Waals surface area (Å²) >= 11 is 0. The first-order valence-electron chi connectivity index (χ1n) is 9.34. The molecule has 1 heterocycles. The zero-order valence-electron chi connectivity index (χ0n) is 15.4. The van der Waals surface area contributed by atoms with Gasteiger partial charge in [-0.1, -0.05) is 18.6 Å². The highest BCUT2D eigenvalue weighted by Crippen LogP contribution is 2.15. The van der Waals surface area contributed by atoms with Crippen molar-refractivity contribution in [1.29, 1.82) is 0 Å². The number of amides is 2. The fourth-order valence-corrected chi connectivity index (χ4v) is 2.99. The molecule has 5 nitrogen and oxygen atoms in total. The van der Waals surface area contributed by atoms with E-state index in [9.17, 15) is 9.59 Å². The molecular weight excluding hydrogens is 316 g/mol. The molecule has 0 spiro atoms. The number of nitrogens with zero attached hydrogens (tertiary/aromatic N) is 1. The number of carbonyl (C=O) groups excluding carboxylic acids is 2. The number of ether oxygens (including phenoxy) is 1. The molecule has 2 rings (SSSR count). The average molecular weight is 346 g/mol. The third kappa shape index (κ3) is 7.16. The lowest BCUT2D eigenvalue weighted by Crippen LogP contribution is -2.35. The number of rotatable bonds is 8. The first-order chi connectivity index (χ1) is 12.0. The molecule has 1 fully saturated rings. The van der Waals surface area contributed by atoms with Crippen LogP contribution >= 0.6 is 0 Å². The average Bonchev–Trinajstić information content (AvgIpc) is 2.77. The fraction of sp³-hybridized carbons (Fsp3) is 0.600. The van der Waals surface area contributed by atoms with Crippen LogP contribution in [0.3, 0.4) is 0 Å². The van der Waals surface area contributed by atoms with Crippen molar-refractivity contribution in [1.82, 2.24) is 10.2 Å². The molecular formula is C20H30N2O3. The Hall–Kier alpha value is -2.04. The van der Waals surface area contributed by atoms with E-state index in [4.69, 9.17) is 4.74 Å². The summed E-state index contributed by atoms with van der Waals surface area (Å²) in [6.07, 6.45) is 5.04. The quantitative estimate of drug-likeness (QED) is 0.787. The lowest BCUT2D eigenvalue weighted by Gasteiger charge is -2.20. The number of benzene rings is 1. The highest BCUT2D eigenvalue weighted by Gasteiger charge is 2.17. The van der Waals surface area contributed by atoms with Crippen molar-refractivity contribution in [2.45, 2.75) is 58.5 Å². The summed E-state index contributed by atoms with van der Waals surface area (Å²) in [6.45, 7) is 5.92. The predicted molar refractivity (Wildman–Crippen MR) is 98.6 cm³/mol. The summed E-state index contributed by atoms with van der Waals surface area (Å²) in [5.74, 6) is 1.05. The molecule has 0 unspecified atom stereocenters. The lowest BCUT2D eigenvalue weighted by molar-refractivity contribution is -0.131. The summed E-state index contributed by atoms with van der Waals surface area (Å²) in [6, 6.07) is 7.97. The van der Waals surface area contributed by atoms with Gasteiger partial charge in [-0.05, 0) is 50.8 Å². The van der Waals surface area contributed by atoms with Gasteiger partial charge in [0.05, 0.1) is 6.10 Å². The Morgan fingerprint density at radius 3 is 2.92 bits per heavy atom. The summed E-state index contributed by atoms with van der Waals surface area (Å²) in [5.41, 5.74) is 1.14. The topological polar surface area (TPSA) is 58.6 Å². The SMILES string of the molecule is CC(C)Oc1cccc(CCNC(=O)CCN2CCCCCC2=O)c1. The second-order valence-corrected chi connectivity index (χ2v) is 6.86. The fourth-order valence-electron chi connectivity index (χ4n) is 2.99. The summed E-state index contributed by atoms with van der Waals surface area (Å²) in [7, 11) is 0. The third-order valence-corrected chi connectivity index (χ3v) is 4.29. The van der Waals surface area contributed by atoms with Crippen LogP contribution in [0.4, 0.5) is 0 Å². The van der Waals surface area contributed by atoms with Gasteiger partial charge < -0.3 is 15.0 Å². The lowest BCUT2D eigenvalue weighted by atomic mass is 10.1. The van der Waals surface area contributed by atoms with E-state index in [0.717, 1.165) is 43.5 Å². The van der Waals surface area contributed by atoms with Crippen molar-refractivity contribution in [2.75, 3.05) is 19.6 Å². The maximum absolute atomic E-state index is 12.0. The monoisotopic (exact) mass is 346 g/mol. The molecule has 1 saturated heterocycles. The van der Waals surface area contributed by atoms with Gasteiger partial charge in [-0.2, -0.15) is 0 Å². The second kappa shape index (κ2) is 10.1. The molecule has 1 aliphatic heterocycles. The van der Waals surface area contributed by atoms with Crippen molar-refractivity contribution >= 4 is 11.8 Å². The third-order valence-electron chi connectivity index (χ3n) is 4.29. The van der Waals surface area contributed by atoms with Crippen molar-refractivity contribution in [2.24, 2.45) is 0 Å². The largest absolute Gasteiger partial charge is 0.491 e. The minimum atomic E-state index is 0.00614. The smallest absolute Gasteiger partial charge is 0.222 e. The Morgan fingerprint density at radius 1 is 1.28 bits per heavy atom. The van der Waals surface area contributed by atoms with Crippen LogP contribution in [0.25, 0.3) is 0 Å². The van der Waals surface area contributed by atoms with E-state index >= 15 is 0 Å². The Labute approximate surface area is 150 Å². The van der Waals surface area contributed by atoms with Crippen LogP contribution in [0.1, 0.15) is 51.5 Å². The van der Waals surface area contributed by atoms with Gasteiger partial charge in [0.2, 0.25) is 11.8 Å². The molecule has 2 amide bonds. The van der Waals surface area contributed by atoms with Gasteiger partial charge in [0.25, 0.3) is 0 Å². The number of likely N-dealkylation sites (tertiary alicyclic amines) is 1. The maximum Gasteiger partial charge on any atom is 0.222 e. The van der Waals surface area contributed by atoms with Gasteiger partial charge in [0, 0.05) is 32.5 Å². The van der Waals surface area contributed by atoms with Crippen LogP contribution in [0.15, 0.2) is 24.3 Å². The standard InChI is InChI=1S/C20H30N2O3/c1-16(2)25-18-8-6-7-17(15-18)10-12-21-19(23)11-14-22-13-5-3-4-9-20(22)24/h6-8,15-16H,3-5,9-14H2,1-2H3,(H,21,23). The molecule has 0 aliphatic carbocycles. The molecule has 1 aliphatic rings. The van der Waals surface area contributed by atoms with Crippen molar-refractivity contribution in [3.05, 3.63) is 29.8 Å². The number of carbonyl (C=O) groups is 2. The molecule has 5 heteroatoms. The van der Waals surface area contributed by atoms with E-state index in [1.807, 2.05) is 43.0 Å².